The highest BCUT2D eigenvalue weighted by Crippen LogP contribution is 2.48. The summed E-state index contributed by atoms with van der Waals surface area (Å²) in [6, 6.07) is 0. The third-order valence-electron chi connectivity index (χ3n) is 3.92. The molecular weight excluding hydrogens is 197 g/mol. The number of halogens is 1. The monoisotopic (exact) mass is 211 g/mol. The van der Waals surface area contributed by atoms with Crippen LogP contribution in [0.5, 0.6) is 0 Å². The van der Waals surface area contributed by atoms with Crippen LogP contribution in [0.4, 0.5) is 4.39 Å². The van der Waals surface area contributed by atoms with E-state index in [2.05, 4.69) is 0 Å². The first-order valence-electron chi connectivity index (χ1n) is 5.53. The van der Waals surface area contributed by atoms with Crippen molar-refractivity contribution in [2.75, 3.05) is 13.1 Å². The summed E-state index contributed by atoms with van der Waals surface area (Å²) in [5, 5.41) is 0. The van der Waals surface area contributed by atoms with Gasteiger partial charge in [0, 0.05) is 31.3 Å². The van der Waals surface area contributed by atoms with Crippen molar-refractivity contribution in [1.82, 2.24) is 4.90 Å². The van der Waals surface area contributed by atoms with E-state index in [1.54, 1.807) is 4.90 Å². The van der Waals surface area contributed by atoms with Crippen LogP contribution in [-0.2, 0) is 9.59 Å². The fraction of sp³-hybridized carbons (Fsp3) is 0.818. The van der Waals surface area contributed by atoms with Gasteiger partial charge in [0.25, 0.3) is 5.91 Å². The van der Waals surface area contributed by atoms with Crippen LogP contribution in [0.1, 0.15) is 32.1 Å². The van der Waals surface area contributed by atoms with Gasteiger partial charge in [-0.1, -0.05) is 0 Å². The Bertz CT molecular complexity index is 342. The summed E-state index contributed by atoms with van der Waals surface area (Å²) in [6.07, 6.45) is 2.89. The van der Waals surface area contributed by atoms with E-state index in [9.17, 15) is 14.0 Å². The van der Waals surface area contributed by atoms with Gasteiger partial charge in [-0.05, 0) is 19.3 Å². The average Bonchev–Trinajstić information content (AvgIpc) is 2.75. The SMILES string of the molecule is O=C1CCC2(C1)CN(C(=O)C1(F)CC1)C2. The maximum Gasteiger partial charge on any atom is 0.260 e. The number of hydrogen-bond donors (Lipinski definition) is 0. The smallest absolute Gasteiger partial charge is 0.260 e. The molecule has 1 spiro atoms. The molecule has 3 nitrogen and oxygen atoms in total. The lowest BCUT2D eigenvalue weighted by Gasteiger charge is -2.48. The Morgan fingerprint density at radius 1 is 1.27 bits per heavy atom. The van der Waals surface area contributed by atoms with Crippen molar-refractivity contribution in [3.05, 3.63) is 0 Å². The molecule has 0 aromatic rings. The van der Waals surface area contributed by atoms with Crippen LogP contribution >= 0.6 is 0 Å². The van der Waals surface area contributed by atoms with Gasteiger partial charge in [-0.3, -0.25) is 9.59 Å². The van der Waals surface area contributed by atoms with Crippen molar-refractivity contribution in [3.8, 4) is 0 Å². The Kier molecular flexibility index (Phi) is 1.61. The number of Topliss-reactive ketones (excluding diaryl/α,β-unsaturated/α-hetero) is 1. The first-order valence-corrected chi connectivity index (χ1v) is 5.53. The van der Waals surface area contributed by atoms with Crippen molar-refractivity contribution >= 4 is 11.7 Å². The van der Waals surface area contributed by atoms with Gasteiger partial charge in [0.2, 0.25) is 0 Å². The molecular formula is C11H14FNO2. The predicted octanol–water partition coefficient (Wildman–Crippen LogP) is 1.07. The number of carbonyl (C=O) groups is 2. The zero-order valence-corrected chi connectivity index (χ0v) is 8.59. The molecule has 0 unspecified atom stereocenters. The highest BCUT2D eigenvalue weighted by Gasteiger charge is 2.58. The lowest BCUT2D eigenvalue weighted by molar-refractivity contribution is -0.151. The minimum absolute atomic E-state index is 0.0258. The first-order chi connectivity index (χ1) is 7.03. The van der Waals surface area contributed by atoms with E-state index in [-0.39, 0.29) is 11.3 Å². The number of likely N-dealkylation sites (tertiary alicyclic amines) is 1. The summed E-state index contributed by atoms with van der Waals surface area (Å²) < 4.78 is 13.5. The molecule has 0 radical (unpaired) electrons. The molecule has 3 aliphatic rings. The van der Waals surface area contributed by atoms with Crippen molar-refractivity contribution in [2.45, 2.75) is 37.8 Å². The van der Waals surface area contributed by atoms with E-state index in [4.69, 9.17) is 0 Å². The fourth-order valence-electron chi connectivity index (χ4n) is 2.78. The molecule has 0 atom stereocenters. The molecule has 15 heavy (non-hydrogen) atoms. The van der Waals surface area contributed by atoms with Gasteiger partial charge >= 0.3 is 0 Å². The van der Waals surface area contributed by atoms with E-state index in [1.807, 2.05) is 0 Å². The second-order valence-corrected chi connectivity index (χ2v) is 5.34. The Morgan fingerprint density at radius 3 is 2.40 bits per heavy atom. The Hall–Kier alpha value is -0.930. The van der Waals surface area contributed by atoms with Crippen LogP contribution < -0.4 is 0 Å². The fourth-order valence-corrected chi connectivity index (χ4v) is 2.78. The lowest BCUT2D eigenvalue weighted by Crippen LogP contribution is -2.59. The maximum atomic E-state index is 13.5. The van der Waals surface area contributed by atoms with E-state index in [0.29, 0.717) is 44.6 Å². The van der Waals surface area contributed by atoms with Crippen LogP contribution in [0, 0.1) is 5.41 Å². The van der Waals surface area contributed by atoms with Gasteiger partial charge in [-0.15, -0.1) is 0 Å². The van der Waals surface area contributed by atoms with Crippen molar-refractivity contribution in [3.63, 3.8) is 0 Å². The zero-order valence-electron chi connectivity index (χ0n) is 8.59. The summed E-state index contributed by atoms with van der Waals surface area (Å²) >= 11 is 0. The molecule has 82 valence electrons. The van der Waals surface area contributed by atoms with Gasteiger partial charge < -0.3 is 4.90 Å². The molecule has 0 aromatic carbocycles. The molecule has 2 saturated carbocycles. The summed E-state index contributed by atoms with van der Waals surface area (Å²) in [4.78, 5) is 24.3. The van der Waals surface area contributed by atoms with E-state index in [0.717, 1.165) is 6.42 Å². The number of hydrogen-bond acceptors (Lipinski definition) is 2. The highest BCUT2D eigenvalue weighted by atomic mass is 19.1. The minimum Gasteiger partial charge on any atom is -0.339 e. The summed E-state index contributed by atoms with van der Waals surface area (Å²) in [7, 11) is 0. The van der Waals surface area contributed by atoms with Crippen LogP contribution in [-0.4, -0.2) is 35.3 Å². The van der Waals surface area contributed by atoms with E-state index >= 15 is 0 Å². The van der Waals surface area contributed by atoms with Gasteiger partial charge in [0.1, 0.15) is 5.78 Å². The third kappa shape index (κ3) is 1.30. The topological polar surface area (TPSA) is 37.4 Å². The van der Waals surface area contributed by atoms with E-state index < -0.39 is 5.67 Å². The second kappa shape index (κ2) is 2.60. The largest absolute Gasteiger partial charge is 0.339 e. The third-order valence-corrected chi connectivity index (χ3v) is 3.92. The molecule has 1 saturated heterocycles. The Labute approximate surface area is 87.6 Å². The molecule has 1 aliphatic heterocycles. The summed E-state index contributed by atoms with van der Waals surface area (Å²) in [5.74, 6) is -0.0454. The predicted molar refractivity (Wildman–Crippen MR) is 50.9 cm³/mol. The molecule has 2 aliphatic carbocycles. The highest BCUT2D eigenvalue weighted by molar-refractivity contribution is 5.89. The van der Waals surface area contributed by atoms with E-state index in [1.165, 1.54) is 0 Å². The number of ketones is 1. The zero-order chi connectivity index (χ0) is 10.7. The van der Waals surface area contributed by atoms with Crippen LogP contribution in [0.25, 0.3) is 0 Å². The van der Waals surface area contributed by atoms with Crippen molar-refractivity contribution < 1.29 is 14.0 Å². The number of nitrogens with zero attached hydrogens (tertiary/aromatic N) is 1. The summed E-state index contributed by atoms with van der Waals surface area (Å²) in [5.41, 5.74) is -1.51. The van der Waals surface area contributed by atoms with Crippen molar-refractivity contribution in [1.29, 1.82) is 0 Å². The Morgan fingerprint density at radius 2 is 1.93 bits per heavy atom. The lowest BCUT2D eigenvalue weighted by atomic mass is 9.78. The van der Waals surface area contributed by atoms with Crippen molar-refractivity contribution in [2.24, 2.45) is 5.41 Å². The number of amides is 1. The standard InChI is InChI=1S/C11H14FNO2/c12-11(3-4-11)9(15)13-6-10(7-13)2-1-8(14)5-10/h1-7H2. The van der Waals surface area contributed by atoms with Gasteiger partial charge in [-0.25, -0.2) is 4.39 Å². The molecule has 1 amide bonds. The normalized spacial score (nSPS) is 30.5. The summed E-state index contributed by atoms with van der Waals surface area (Å²) in [6.45, 7) is 1.20. The molecule has 0 aromatic heterocycles. The maximum absolute atomic E-state index is 13.5. The van der Waals surface area contributed by atoms with Gasteiger partial charge in [0.05, 0.1) is 0 Å². The molecule has 3 fully saturated rings. The quantitative estimate of drug-likeness (QED) is 0.650. The van der Waals surface area contributed by atoms with Gasteiger partial charge in [-0.2, -0.15) is 0 Å². The van der Waals surface area contributed by atoms with Crippen LogP contribution in [0.2, 0.25) is 0 Å². The van der Waals surface area contributed by atoms with Crippen LogP contribution in [0.15, 0.2) is 0 Å². The molecule has 1 heterocycles. The van der Waals surface area contributed by atoms with Gasteiger partial charge in [0.15, 0.2) is 5.67 Å². The molecule has 3 rings (SSSR count). The average molecular weight is 211 g/mol. The molecule has 4 heteroatoms. The second-order valence-electron chi connectivity index (χ2n) is 5.34. The first kappa shape index (κ1) is 9.31. The van der Waals surface area contributed by atoms with Crippen LogP contribution in [0.3, 0.4) is 0 Å². The minimum atomic E-state index is -1.54. The molecule has 0 bridgehead atoms. The Balaban J connectivity index is 1.62. The number of carbonyl (C=O) groups excluding carboxylic acids is 2. The number of rotatable bonds is 1. The number of alkyl halides is 1. The molecule has 0 N–H and O–H groups in total.